The van der Waals surface area contributed by atoms with Crippen LogP contribution in [-0.2, 0) is 14.3 Å². The molecule has 5 heteroatoms. The molecule has 0 aromatic heterocycles. The van der Waals surface area contributed by atoms with Crippen LogP contribution in [0.2, 0.25) is 0 Å². The first-order chi connectivity index (χ1) is 9.62. The maximum absolute atomic E-state index is 12.5. The molecule has 0 aromatic rings. The fourth-order valence-corrected chi connectivity index (χ4v) is 2.81. The second-order valence-corrected chi connectivity index (χ2v) is 7.13. The smallest absolute Gasteiger partial charge is 0.412 e. The van der Waals surface area contributed by atoms with E-state index in [4.69, 9.17) is 9.47 Å². The Morgan fingerprint density at radius 1 is 1.48 bits per heavy atom. The highest BCUT2D eigenvalue weighted by atomic mass is 16.6. The third kappa shape index (κ3) is 4.70. The average molecular weight is 299 g/mol. The molecule has 1 aliphatic heterocycles. The van der Waals surface area contributed by atoms with Gasteiger partial charge in [0.05, 0.1) is 12.6 Å². The lowest BCUT2D eigenvalue weighted by Gasteiger charge is -2.37. The molecule has 0 spiro atoms. The Morgan fingerprint density at radius 2 is 2.10 bits per heavy atom. The van der Waals surface area contributed by atoms with Crippen LogP contribution in [0.4, 0.5) is 4.79 Å². The molecule has 122 valence electrons. The molecule has 5 nitrogen and oxygen atoms in total. The summed E-state index contributed by atoms with van der Waals surface area (Å²) >= 11 is 0. The Hall–Kier alpha value is -1.10. The van der Waals surface area contributed by atoms with Gasteiger partial charge in [-0.1, -0.05) is 13.3 Å². The number of hydrogen-bond donors (Lipinski definition) is 0. The molecule has 0 unspecified atom stereocenters. The highest BCUT2D eigenvalue weighted by molar-refractivity contribution is 5.70. The van der Waals surface area contributed by atoms with Crippen molar-refractivity contribution in [1.82, 2.24) is 4.90 Å². The van der Waals surface area contributed by atoms with Crippen LogP contribution < -0.4 is 0 Å². The largest absolute Gasteiger partial charge is 0.444 e. The van der Waals surface area contributed by atoms with Crippen molar-refractivity contribution in [3.8, 4) is 0 Å². The van der Waals surface area contributed by atoms with Crippen molar-refractivity contribution in [1.29, 1.82) is 0 Å². The predicted octanol–water partition coefficient (Wildman–Crippen LogP) is 3.36. The number of carbonyl (C=O) groups is 2. The minimum absolute atomic E-state index is 0.111. The maximum Gasteiger partial charge on any atom is 0.412 e. The topological polar surface area (TPSA) is 55.8 Å². The maximum atomic E-state index is 12.5. The van der Waals surface area contributed by atoms with Gasteiger partial charge >= 0.3 is 6.09 Å². The SMILES string of the molecule is CCC[C@H](CC=O)[C@@H]1COC(C)(C)N1C(=O)OC(C)(C)C. The summed E-state index contributed by atoms with van der Waals surface area (Å²) in [5, 5.41) is 0. The highest BCUT2D eigenvalue weighted by Crippen LogP contribution is 2.35. The van der Waals surface area contributed by atoms with Crippen LogP contribution in [0.15, 0.2) is 0 Å². The average Bonchev–Trinajstić information content (AvgIpc) is 2.62. The summed E-state index contributed by atoms with van der Waals surface area (Å²) in [6.07, 6.45) is 2.86. The summed E-state index contributed by atoms with van der Waals surface area (Å²) in [5.74, 6) is 0.113. The molecular weight excluding hydrogens is 270 g/mol. The van der Waals surface area contributed by atoms with Crippen molar-refractivity contribution in [3.63, 3.8) is 0 Å². The van der Waals surface area contributed by atoms with Crippen molar-refractivity contribution in [3.05, 3.63) is 0 Å². The van der Waals surface area contributed by atoms with Crippen LogP contribution in [0.3, 0.4) is 0 Å². The number of hydrogen-bond acceptors (Lipinski definition) is 4. The number of nitrogens with zero attached hydrogens (tertiary/aromatic N) is 1. The normalized spacial score (nSPS) is 23.0. The first-order valence-corrected chi connectivity index (χ1v) is 7.72. The van der Waals surface area contributed by atoms with E-state index in [0.29, 0.717) is 13.0 Å². The number of rotatable bonds is 5. The molecule has 0 bridgehead atoms. The Kier molecular flexibility index (Phi) is 5.79. The van der Waals surface area contributed by atoms with Crippen molar-refractivity contribution in [2.24, 2.45) is 5.92 Å². The fourth-order valence-electron chi connectivity index (χ4n) is 2.81. The van der Waals surface area contributed by atoms with Gasteiger partial charge in [0.15, 0.2) is 0 Å². The summed E-state index contributed by atoms with van der Waals surface area (Å²) in [6, 6.07) is -0.111. The third-order valence-electron chi connectivity index (χ3n) is 3.71. The molecule has 0 saturated carbocycles. The quantitative estimate of drug-likeness (QED) is 0.730. The van der Waals surface area contributed by atoms with E-state index in [1.54, 1.807) is 4.90 Å². The molecule has 1 saturated heterocycles. The minimum atomic E-state index is -0.706. The summed E-state index contributed by atoms with van der Waals surface area (Å²) < 4.78 is 11.3. The summed E-state index contributed by atoms with van der Waals surface area (Å²) in [7, 11) is 0. The second kappa shape index (κ2) is 6.77. The number of ether oxygens (including phenoxy) is 2. The van der Waals surface area contributed by atoms with Crippen LogP contribution in [0.5, 0.6) is 0 Å². The van der Waals surface area contributed by atoms with Gasteiger partial charge in [-0.25, -0.2) is 4.79 Å². The van der Waals surface area contributed by atoms with Gasteiger partial charge in [-0.15, -0.1) is 0 Å². The molecule has 1 rings (SSSR count). The van der Waals surface area contributed by atoms with Gasteiger partial charge in [0.2, 0.25) is 0 Å². The van der Waals surface area contributed by atoms with Crippen molar-refractivity contribution in [2.75, 3.05) is 6.61 Å². The minimum Gasteiger partial charge on any atom is -0.444 e. The predicted molar refractivity (Wildman–Crippen MR) is 81.0 cm³/mol. The van der Waals surface area contributed by atoms with Gasteiger partial charge in [-0.3, -0.25) is 4.90 Å². The van der Waals surface area contributed by atoms with E-state index in [9.17, 15) is 9.59 Å². The van der Waals surface area contributed by atoms with Crippen molar-refractivity contribution < 1.29 is 19.1 Å². The van der Waals surface area contributed by atoms with Crippen LogP contribution in [0.1, 0.15) is 60.8 Å². The summed E-state index contributed by atoms with van der Waals surface area (Å²) in [4.78, 5) is 25.1. The van der Waals surface area contributed by atoms with E-state index in [1.807, 2.05) is 34.6 Å². The highest BCUT2D eigenvalue weighted by Gasteiger charge is 2.48. The molecule has 1 aliphatic rings. The van der Waals surface area contributed by atoms with E-state index in [2.05, 4.69) is 6.92 Å². The fraction of sp³-hybridized carbons (Fsp3) is 0.875. The molecule has 0 aromatic carbocycles. The first-order valence-electron chi connectivity index (χ1n) is 7.72. The van der Waals surface area contributed by atoms with Gasteiger partial charge in [0, 0.05) is 6.42 Å². The van der Waals surface area contributed by atoms with E-state index in [1.165, 1.54) is 0 Å². The Bertz CT molecular complexity index is 373. The van der Waals surface area contributed by atoms with E-state index in [-0.39, 0.29) is 18.1 Å². The van der Waals surface area contributed by atoms with Crippen molar-refractivity contribution >= 4 is 12.4 Å². The molecule has 0 aliphatic carbocycles. The van der Waals surface area contributed by atoms with Crippen LogP contribution in [0, 0.1) is 5.92 Å². The molecule has 1 amide bonds. The zero-order chi connectivity index (χ0) is 16.3. The molecule has 0 radical (unpaired) electrons. The molecular formula is C16H29NO4. The lowest BCUT2D eigenvalue weighted by Crippen LogP contribution is -2.52. The lowest BCUT2D eigenvalue weighted by molar-refractivity contribution is -0.109. The molecule has 1 fully saturated rings. The van der Waals surface area contributed by atoms with E-state index < -0.39 is 11.3 Å². The first kappa shape index (κ1) is 18.0. The molecule has 0 N–H and O–H groups in total. The van der Waals surface area contributed by atoms with Gasteiger partial charge in [-0.2, -0.15) is 0 Å². The second-order valence-electron chi connectivity index (χ2n) is 7.13. The zero-order valence-electron chi connectivity index (χ0n) is 14.1. The third-order valence-corrected chi connectivity index (χ3v) is 3.71. The van der Waals surface area contributed by atoms with Gasteiger partial charge < -0.3 is 14.3 Å². The Morgan fingerprint density at radius 3 is 2.57 bits per heavy atom. The lowest BCUT2D eigenvalue weighted by atomic mass is 9.91. The Balaban J connectivity index is 2.96. The van der Waals surface area contributed by atoms with Crippen LogP contribution in [-0.4, -0.2) is 41.3 Å². The van der Waals surface area contributed by atoms with Crippen LogP contribution >= 0.6 is 0 Å². The van der Waals surface area contributed by atoms with Gasteiger partial charge in [-0.05, 0) is 47.0 Å². The summed E-state index contributed by atoms with van der Waals surface area (Å²) in [6.45, 7) is 11.8. The van der Waals surface area contributed by atoms with E-state index in [0.717, 1.165) is 19.1 Å². The molecule has 2 atom stereocenters. The van der Waals surface area contributed by atoms with E-state index >= 15 is 0 Å². The van der Waals surface area contributed by atoms with Gasteiger partial charge in [0.25, 0.3) is 0 Å². The number of aldehydes is 1. The Labute approximate surface area is 128 Å². The zero-order valence-corrected chi connectivity index (χ0v) is 14.1. The number of carbonyl (C=O) groups excluding carboxylic acids is 2. The molecule has 1 heterocycles. The summed E-state index contributed by atoms with van der Waals surface area (Å²) in [5.41, 5.74) is -1.26. The van der Waals surface area contributed by atoms with Crippen LogP contribution in [0.25, 0.3) is 0 Å². The monoisotopic (exact) mass is 299 g/mol. The standard InChI is InChI=1S/C16H29NO4/c1-7-8-12(9-10-18)13-11-20-16(5,6)17(13)14(19)21-15(2,3)4/h10,12-13H,7-9,11H2,1-6H3/t12-,13+/m1/s1. The number of amides is 1. The molecule has 21 heavy (non-hydrogen) atoms. The van der Waals surface area contributed by atoms with Gasteiger partial charge in [0.1, 0.15) is 17.6 Å². The van der Waals surface area contributed by atoms with Crippen molar-refractivity contribution in [2.45, 2.75) is 78.2 Å².